The zero-order chi connectivity index (χ0) is 14.4. The van der Waals surface area contributed by atoms with Gasteiger partial charge in [0.2, 0.25) is 0 Å². The van der Waals surface area contributed by atoms with E-state index in [9.17, 15) is 4.39 Å². The van der Waals surface area contributed by atoms with Gasteiger partial charge in [0.15, 0.2) is 0 Å². The van der Waals surface area contributed by atoms with Gasteiger partial charge in [0.1, 0.15) is 11.6 Å². The van der Waals surface area contributed by atoms with Crippen LogP contribution in [-0.4, -0.2) is 13.7 Å². The predicted molar refractivity (Wildman–Crippen MR) is 82.5 cm³/mol. The second kappa shape index (κ2) is 7.41. The lowest BCUT2D eigenvalue weighted by Crippen LogP contribution is -2.17. The van der Waals surface area contributed by atoms with Gasteiger partial charge < -0.3 is 10.1 Å². The van der Waals surface area contributed by atoms with Crippen molar-refractivity contribution in [2.24, 2.45) is 0 Å². The number of benzene rings is 2. The average molecular weight is 338 g/mol. The first-order valence-corrected chi connectivity index (χ1v) is 7.26. The van der Waals surface area contributed by atoms with E-state index in [0.29, 0.717) is 6.54 Å². The van der Waals surface area contributed by atoms with Gasteiger partial charge in [-0.2, -0.15) is 0 Å². The van der Waals surface area contributed by atoms with Crippen LogP contribution in [0, 0.1) is 5.82 Å². The molecule has 0 bridgehead atoms. The van der Waals surface area contributed by atoms with Gasteiger partial charge in [-0.25, -0.2) is 4.39 Å². The van der Waals surface area contributed by atoms with E-state index in [1.807, 2.05) is 18.2 Å². The molecular weight excluding hydrogens is 321 g/mol. The molecule has 0 saturated heterocycles. The van der Waals surface area contributed by atoms with Gasteiger partial charge in [0.25, 0.3) is 0 Å². The Balaban J connectivity index is 1.82. The molecule has 106 valence electrons. The van der Waals surface area contributed by atoms with Gasteiger partial charge in [-0.15, -0.1) is 0 Å². The lowest BCUT2D eigenvalue weighted by molar-refractivity contribution is 0.414. The summed E-state index contributed by atoms with van der Waals surface area (Å²) in [5, 5.41) is 3.32. The van der Waals surface area contributed by atoms with Crippen LogP contribution in [0.4, 0.5) is 4.39 Å². The van der Waals surface area contributed by atoms with E-state index in [-0.39, 0.29) is 5.82 Å². The van der Waals surface area contributed by atoms with Gasteiger partial charge in [-0.3, -0.25) is 0 Å². The van der Waals surface area contributed by atoms with Crippen LogP contribution in [-0.2, 0) is 13.0 Å². The predicted octanol–water partition coefficient (Wildman–Crippen LogP) is 3.93. The van der Waals surface area contributed by atoms with Crippen molar-refractivity contribution < 1.29 is 9.13 Å². The summed E-state index contributed by atoms with van der Waals surface area (Å²) in [4.78, 5) is 0. The molecule has 0 aliphatic heterocycles. The van der Waals surface area contributed by atoms with Crippen LogP contribution < -0.4 is 10.1 Å². The molecule has 2 aromatic rings. The molecule has 0 radical (unpaired) electrons. The Hall–Kier alpha value is -1.39. The van der Waals surface area contributed by atoms with Gasteiger partial charge >= 0.3 is 0 Å². The molecule has 0 aliphatic rings. The van der Waals surface area contributed by atoms with Crippen molar-refractivity contribution in [3.8, 4) is 5.75 Å². The van der Waals surface area contributed by atoms with Crippen molar-refractivity contribution >= 4 is 15.9 Å². The van der Waals surface area contributed by atoms with Gasteiger partial charge in [0, 0.05) is 11.0 Å². The number of hydrogen-bond acceptors (Lipinski definition) is 2. The van der Waals surface area contributed by atoms with Crippen LogP contribution in [0.2, 0.25) is 0 Å². The van der Waals surface area contributed by atoms with Crippen LogP contribution in [0.1, 0.15) is 11.1 Å². The third-order valence-electron chi connectivity index (χ3n) is 3.05. The highest BCUT2D eigenvalue weighted by molar-refractivity contribution is 9.10. The minimum atomic E-state index is -0.210. The average Bonchev–Trinajstić information content (AvgIpc) is 2.47. The first-order valence-electron chi connectivity index (χ1n) is 6.46. The number of nitrogens with one attached hydrogen (secondary N) is 1. The molecule has 0 spiro atoms. The Morgan fingerprint density at radius 3 is 2.85 bits per heavy atom. The van der Waals surface area contributed by atoms with E-state index in [0.717, 1.165) is 28.8 Å². The van der Waals surface area contributed by atoms with Crippen LogP contribution in [0.5, 0.6) is 5.75 Å². The molecule has 4 heteroatoms. The fourth-order valence-corrected chi connectivity index (χ4v) is 2.35. The monoisotopic (exact) mass is 337 g/mol. The normalized spacial score (nSPS) is 10.6. The standard InChI is InChI=1S/C16H17BrFNO/c1-20-15-4-2-3-12(9-15)7-8-19-11-13-10-14(18)5-6-16(13)17/h2-6,9-10,19H,7-8,11H2,1H3. The maximum Gasteiger partial charge on any atom is 0.123 e. The fraction of sp³-hybridized carbons (Fsp3) is 0.250. The van der Waals surface area contributed by atoms with E-state index >= 15 is 0 Å². The summed E-state index contributed by atoms with van der Waals surface area (Å²) in [6.45, 7) is 1.47. The van der Waals surface area contributed by atoms with E-state index < -0.39 is 0 Å². The number of ether oxygens (including phenoxy) is 1. The Kier molecular flexibility index (Phi) is 5.56. The molecule has 20 heavy (non-hydrogen) atoms. The van der Waals surface area contributed by atoms with E-state index in [4.69, 9.17) is 4.74 Å². The summed E-state index contributed by atoms with van der Waals surface area (Å²) in [7, 11) is 1.67. The number of hydrogen-bond donors (Lipinski definition) is 1. The molecule has 1 N–H and O–H groups in total. The Morgan fingerprint density at radius 2 is 2.05 bits per heavy atom. The largest absolute Gasteiger partial charge is 0.497 e. The lowest BCUT2D eigenvalue weighted by atomic mass is 10.1. The van der Waals surface area contributed by atoms with Crippen molar-refractivity contribution in [3.05, 3.63) is 63.9 Å². The molecule has 2 nitrogen and oxygen atoms in total. The molecule has 0 aliphatic carbocycles. The molecule has 2 rings (SSSR count). The number of methoxy groups -OCH3 is 1. The maximum atomic E-state index is 13.1. The van der Waals surface area contributed by atoms with Crippen LogP contribution in [0.3, 0.4) is 0 Å². The number of halogens is 2. The molecule has 0 amide bonds. The van der Waals surface area contributed by atoms with E-state index in [1.54, 1.807) is 19.2 Å². The van der Waals surface area contributed by atoms with Crippen molar-refractivity contribution in [1.29, 1.82) is 0 Å². The van der Waals surface area contributed by atoms with E-state index in [1.165, 1.54) is 11.6 Å². The maximum absolute atomic E-state index is 13.1. The first kappa shape index (κ1) is 15.0. The Morgan fingerprint density at radius 1 is 1.20 bits per heavy atom. The second-order valence-electron chi connectivity index (χ2n) is 4.51. The van der Waals surface area contributed by atoms with Crippen molar-refractivity contribution in [1.82, 2.24) is 5.32 Å². The molecule has 0 fully saturated rings. The van der Waals surface area contributed by atoms with Crippen LogP contribution in [0.25, 0.3) is 0 Å². The number of rotatable bonds is 6. The molecule has 0 atom stereocenters. The SMILES string of the molecule is COc1cccc(CCNCc2cc(F)ccc2Br)c1. The smallest absolute Gasteiger partial charge is 0.123 e. The summed E-state index contributed by atoms with van der Waals surface area (Å²) in [5.41, 5.74) is 2.14. The third-order valence-corrected chi connectivity index (χ3v) is 3.82. The van der Waals surface area contributed by atoms with E-state index in [2.05, 4.69) is 27.3 Å². The van der Waals surface area contributed by atoms with Crippen molar-refractivity contribution in [2.75, 3.05) is 13.7 Å². The minimum absolute atomic E-state index is 0.210. The lowest BCUT2D eigenvalue weighted by Gasteiger charge is -2.08. The quantitative estimate of drug-likeness (QED) is 0.806. The molecule has 2 aromatic carbocycles. The Bertz CT molecular complexity index is 574. The zero-order valence-electron chi connectivity index (χ0n) is 11.3. The zero-order valence-corrected chi connectivity index (χ0v) is 12.9. The summed E-state index contributed by atoms with van der Waals surface area (Å²) >= 11 is 3.42. The van der Waals surface area contributed by atoms with Gasteiger partial charge in [0.05, 0.1) is 7.11 Å². The molecule has 0 aromatic heterocycles. The summed E-state index contributed by atoms with van der Waals surface area (Å²) in [6, 6.07) is 12.7. The first-order chi connectivity index (χ1) is 9.69. The molecule has 0 heterocycles. The topological polar surface area (TPSA) is 21.3 Å². The highest BCUT2D eigenvalue weighted by Gasteiger charge is 2.01. The van der Waals surface area contributed by atoms with Crippen molar-refractivity contribution in [3.63, 3.8) is 0 Å². The van der Waals surface area contributed by atoms with Gasteiger partial charge in [-0.05, 0) is 54.4 Å². The van der Waals surface area contributed by atoms with Gasteiger partial charge in [-0.1, -0.05) is 28.1 Å². The summed E-state index contributed by atoms with van der Waals surface area (Å²) in [5.74, 6) is 0.660. The highest BCUT2D eigenvalue weighted by Crippen LogP contribution is 2.17. The second-order valence-corrected chi connectivity index (χ2v) is 5.37. The Labute approximate surface area is 127 Å². The summed E-state index contributed by atoms with van der Waals surface area (Å²) < 4.78 is 19.3. The van der Waals surface area contributed by atoms with Crippen molar-refractivity contribution in [2.45, 2.75) is 13.0 Å². The molecular formula is C16H17BrFNO. The third kappa shape index (κ3) is 4.32. The fourth-order valence-electron chi connectivity index (χ4n) is 1.96. The van der Waals surface area contributed by atoms with Crippen LogP contribution in [0.15, 0.2) is 46.9 Å². The summed E-state index contributed by atoms with van der Waals surface area (Å²) in [6.07, 6.45) is 0.907. The molecule has 0 unspecified atom stereocenters. The highest BCUT2D eigenvalue weighted by atomic mass is 79.9. The molecule has 0 saturated carbocycles. The minimum Gasteiger partial charge on any atom is -0.497 e. The van der Waals surface area contributed by atoms with Crippen LogP contribution >= 0.6 is 15.9 Å².